The van der Waals surface area contributed by atoms with E-state index in [9.17, 15) is 0 Å². The molecular weight excluding hydrogens is 673 g/mol. The summed E-state index contributed by atoms with van der Waals surface area (Å²) < 4.78 is 5.13. The van der Waals surface area contributed by atoms with Gasteiger partial charge in [-0.05, 0) is 75.5 Å². The van der Waals surface area contributed by atoms with E-state index in [4.69, 9.17) is 4.98 Å². The van der Waals surface area contributed by atoms with Gasteiger partial charge in [0.05, 0.1) is 27.1 Å². The molecule has 0 spiro atoms. The second-order valence-corrected chi connectivity index (χ2v) is 15.0. The van der Waals surface area contributed by atoms with Crippen molar-refractivity contribution in [3.05, 3.63) is 194 Å². The van der Waals surface area contributed by atoms with Gasteiger partial charge in [-0.3, -0.25) is 0 Å². The highest BCUT2D eigenvalue weighted by Crippen LogP contribution is 2.48. The van der Waals surface area contributed by atoms with Gasteiger partial charge in [0.15, 0.2) is 0 Å². The minimum atomic E-state index is 0.960. The molecule has 0 unspecified atom stereocenters. The Morgan fingerprint density at radius 1 is 0.370 bits per heavy atom. The summed E-state index contributed by atoms with van der Waals surface area (Å²) in [5, 5.41) is 7.82. The normalized spacial score (nSPS) is 11.7. The molecule has 0 bridgehead atoms. The molecule has 0 aliphatic heterocycles. The number of pyridine rings is 1. The van der Waals surface area contributed by atoms with E-state index in [1.165, 1.54) is 75.1 Å². The van der Waals surface area contributed by atoms with E-state index in [-0.39, 0.29) is 0 Å². The van der Waals surface area contributed by atoms with Gasteiger partial charge in [-0.25, -0.2) is 4.98 Å². The van der Waals surface area contributed by atoms with Crippen molar-refractivity contribution in [1.29, 1.82) is 0 Å². The molecule has 0 aliphatic carbocycles. The van der Waals surface area contributed by atoms with Crippen LogP contribution in [0.1, 0.15) is 0 Å². The molecule has 0 saturated heterocycles. The smallest absolute Gasteiger partial charge is 0.0726 e. The topological polar surface area (TPSA) is 17.8 Å². The number of hydrogen-bond donors (Lipinski definition) is 0. The molecule has 3 heterocycles. The lowest BCUT2D eigenvalue weighted by Gasteiger charge is -2.11. The quantitative estimate of drug-likeness (QED) is 0.174. The molecule has 0 atom stereocenters. The Bertz CT molecular complexity index is 3120. The van der Waals surface area contributed by atoms with E-state index < -0.39 is 0 Å². The first-order chi connectivity index (χ1) is 26.8. The first kappa shape index (κ1) is 30.8. The lowest BCUT2D eigenvalue weighted by atomic mass is 9.96. The zero-order valence-corrected chi connectivity index (χ0v) is 30.1. The van der Waals surface area contributed by atoms with Gasteiger partial charge >= 0.3 is 0 Å². The standard InChI is InChI=1S/C51H32N2S/c1-4-14-33(15-5-1)38-31-44(35-16-6-2-7-17-35)52-45(32-38)36-26-24-34(25-27-36)37-28-29-46-43(30-37)48-40-20-10-11-21-41(40)49-42-22-12-13-23-47(42)54-51(49)50(48)53(46)39-18-8-3-9-19-39/h1-32H. The maximum Gasteiger partial charge on any atom is 0.0726 e. The fourth-order valence-corrected chi connectivity index (χ4v) is 9.53. The van der Waals surface area contributed by atoms with E-state index in [0.29, 0.717) is 0 Å². The summed E-state index contributed by atoms with van der Waals surface area (Å²) in [6.07, 6.45) is 0. The van der Waals surface area contributed by atoms with Crippen molar-refractivity contribution >= 4 is 64.1 Å². The second-order valence-electron chi connectivity index (χ2n) is 13.9. The highest BCUT2D eigenvalue weighted by Gasteiger charge is 2.22. The number of para-hydroxylation sites is 1. The van der Waals surface area contributed by atoms with Gasteiger partial charge in [0.1, 0.15) is 0 Å². The molecule has 8 aromatic carbocycles. The summed E-state index contributed by atoms with van der Waals surface area (Å²) in [5.41, 5.74) is 12.5. The van der Waals surface area contributed by atoms with E-state index >= 15 is 0 Å². The minimum Gasteiger partial charge on any atom is -0.308 e. The van der Waals surface area contributed by atoms with Crippen molar-refractivity contribution in [3.63, 3.8) is 0 Å². The van der Waals surface area contributed by atoms with Crippen LogP contribution >= 0.6 is 11.3 Å². The predicted molar refractivity (Wildman–Crippen MR) is 231 cm³/mol. The van der Waals surface area contributed by atoms with Crippen molar-refractivity contribution in [1.82, 2.24) is 9.55 Å². The van der Waals surface area contributed by atoms with E-state index in [2.05, 4.69) is 193 Å². The zero-order valence-electron chi connectivity index (χ0n) is 29.3. The van der Waals surface area contributed by atoms with Gasteiger partial charge in [0.25, 0.3) is 0 Å². The Kier molecular flexibility index (Phi) is 7.07. The Labute approximate surface area is 316 Å². The molecule has 2 nitrogen and oxygen atoms in total. The molecule has 0 saturated carbocycles. The van der Waals surface area contributed by atoms with Crippen LogP contribution in [0.3, 0.4) is 0 Å². The van der Waals surface area contributed by atoms with Crippen LogP contribution < -0.4 is 0 Å². The number of hydrogen-bond acceptors (Lipinski definition) is 2. The first-order valence-corrected chi connectivity index (χ1v) is 19.2. The van der Waals surface area contributed by atoms with Gasteiger partial charge in [-0.1, -0.05) is 152 Å². The maximum atomic E-state index is 5.18. The summed E-state index contributed by atoms with van der Waals surface area (Å²) in [5.74, 6) is 0. The molecular formula is C51H32N2S. The third-order valence-electron chi connectivity index (χ3n) is 10.8. The van der Waals surface area contributed by atoms with Crippen LogP contribution in [0.15, 0.2) is 194 Å². The summed E-state index contributed by atoms with van der Waals surface area (Å²) in [7, 11) is 0. The third kappa shape index (κ3) is 4.90. The molecule has 0 aliphatic rings. The van der Waals surface area contributed by atoms with Gasteiger partial charge in [0.2, 0.25) is 0 Å². The van der Waals surface area contributed by atoms with Crippen LogP contribution in [0.25, 0.3) is 103 Å². The van der Waals surface area contributed by atoms with Gasteiger partial charge in [0, 0.05) is 43.1 Å². The summed E-state index contributed by atoms with van der Waals surface area (Å²) in [4.78, 5) is 5.18. The van der Waals surface area contributed by atoms with Crippen molar-refractivity contribution < 1.29 is 0 Å². The average Bonchev–Trinajstić information content (AvgIpc) is 3.81. The number of fused-ring (bicyclic) bond motifs is 10. The van der Waals surface area contributed by atoms with Crippen molar-refractivity contribution in [2.24, 2.45) is 0 Å². The minimum absolute atomic E-state index is 0.960. The van der Waals surface area contributed by atoms with E-state index in [0.717, 1.165) is 28.1 Å². The molecule has 54 heavy (non-hydrogen) atoms. The van der Waals surface area contributed by atoms with Crippen molar-refractivity contribution in [2.45, 2.75) is 0 Å². The van der Waals surface area contributed by atoms with Crippen LogP contribution in [-0.2, 0) is 0 Å². The summed E-state index contributed by atoms with van der Waals surface area (Å²) in [6.45, 7) is 0. The largest absolute Gasteiger partial charge is 0.308 e. The molecule has 0 fully saturated rings. The highest BCUT2D eigenvalue weighted by atomic mass is 32.1. The number of nitrogens with zero attached hydrogens (tertiary/aromatic N) is 2. The van der Waals surface area contributed by atoms with Crippen LogP contribution in [-0.4, -0.2) is 9.55 Å². The van der Waals surface area contributed by atoms with Crippen LogP contribution in [0.5, 0.6) is 0 Å². The second kappa shape index (κ2) is 12.4. The molecule has 252 valence electrons. The van der Waals surface area contributed by atoms with E-state index in [1.54, 1.807) is 0 Å². The predicted octanol–water partition coefficient (Wildman–Crippen LogP) is 14.4. The first-order valence-electron chi connectivity index (χ1n) is 18.4. The number of aromatic nitrogens is 2. The molecule has 0 radical (unpaired) electrons. The number of benzene rings is 8. The molecule has 3 aromatic heterocycles. The van der Waals surface area contributed by atoms with Gasteiger partial charge < -0.3 is 4.57 Å². The van der Waals surface area contributed by atoms with Crippen molar-refractivity contribution in [3.8, 4) is 50.5 Å². The lowest BCUT2D eigenvalue weighted by Crippen LogP contribution is -1.93. The summed E-state index contributed by atoms with van der Waals surface area (Å²) in [6, 6.07) is 70.0. The van der Waals surface area contributed by atoms with Gasteiger partial charge in [-0.15, -0.1) is 11.3 Å². The Hall–Kier alpha value is -6.81. The molecule has 3 heteroatoms. The fourth-order valence-electron chi connectivity index (χ4n) is 8.27. The highest BCUT2D eigenvalue weighted by molar-refractivity contribution is 7.27. The van der Waals surface area contributed by atoms with Crippen molar-refractivity contribution in [2.75, 3.05) is 0 Å². The Morgan fingerprint density at radius 3 is 1.59 bits per heavy atom. The van der Waals surface area contributed by atoms with Crippen LogP contribution in [0.2, 0.25) is 0 Å². The van der Waals surface area contributed by atoms with Gasteiger partial charge in [-0.2, -0.15) is 0 Å². The van der Waals surface area contributed by atoms with Crippen LogP contribution in [0, 0.1) is 0 Å². The van der Waals surface area contributed by atoms with Crippen LogP contribution in [0.4, 0.5) is 0 Å². The Morgan fingerprint density at radius 2 is 0.889 bits per heavy atom. The third-order valence-corrected chi connectivity index (χ3v) is 12.0. The fraction of sp³-hybridized carbons (Fsp3) is 0. The molecule has 0 N–H and O–H groups in total. The monoisotopic (exact) mass is 704 g/mol. The SMILES string of the molecule is c1ccc(-c2cc(-c3ccccc3)nc(-c3ccc(-c4ccc5c(c4)c4c6ccccc6c6c7ccccc7sc6c4n5-c4ccccc4)cc3)c2)cc1. The van der Waals surface area contributed by atoms with E-state index in [1.807, 2.05) is 17.4 Å². The number of rotatable bonds is 5. The molecule has 11 rings (SSSR count). The lowest BCUT2D eigenvalue weighted by molar-refractivity contribution is 1.19. The molecule has 0 amide bonds. The Balaban J connectivity index is 1.11. The molecule has 11 aromatic rings. The maximum absolute atomic E-state index is 5.18. The number of thiophene rings is 1. The summed E-state index contributed by atoms with van der Waals surface area (Å²) >= 11 is 1.90. The zero-order chi connectivity index (χ0) is 35.6. The average molecular weight is 705 g/mol.